The second-order valence-electron chi connectivity index (χ2n) is 6.14. The zero-order valence-corrected chi connectivity index (χ0v) is 15.1. The van der Waals surface area contributed by atoms with Crippen LogP contribution in [-0.4, -0.2) is 31.1 Å². The number of amides is 1. The molecule has 0 bridgehead atoms. The molecule has 0 spiro atoms. The lowest BCUT2D eigenvalue weighted by Crippen LogP contribution is -2.36. The van der Waals surface area contributed by atoms with E-state index >= 15 is 0 Å². The highest BCUT2D eigenvalue weighted by Crippen LogP contribution is 2.35. The average molecular weight is 359 g/mol. The Labute approximate surface area is 147 Å². The Balaban J connectivity index is 1.78. The summed E-state index contributed by atoms with van der Waals surface area (Å²) in [6, 6.07) is 8.77. The lowest BCUT2D eigenvalue weighted by molar-refractivity contribution is 0.0951. The van der Waals surface area contributed by atoms with E-state index < -0.39 is 10.0 Å². The molecule has 1 N–H and O–H groups in total. The van der Waals surface area contributed by atoms with Gasteiger partial charge in [-0.1, -0.05) is 6.07 Å². The van der Waals surface area contributed by atoms with Crippen LogP contribution in [-0.2, 0) is 23.0 Å². The lowest BCUT2D eigenvalue weighted by atomic mass is 10.1. The van der Waals surface area contributed by atoms with E-state index in [9.17, 15) is 13.2 Å². The van der Waals surface area contributed by atoms with Crippen LogP contribution in [0.3, 0.4) is 0 Å². The first-order chi connectivity index (χ1) is 11.9. The monoisotopic (exact) mass is 359 g/mol. The molecule has 1 atom stereocenters. The largest absolute Gasteiger partial charge is 0.348 e. The summed E-state index contributed by atoms with van der Waals surface area (Å²) in [6.07, 6.45) is 4.00. The van der Waals surface area contributed by atoms with Gasteiger partial charge in [0, 0.05) is 30.5 Å². The van der Waals surface area contributed by atoms with Crippen LogP contribution in [0.5, 0.6) is 0 Å². The van der Waals surface area contributed by atoms with Crippen molar-refractivity contribution < 1.29 is 13.2 Å². The number of hydrogen-bond donors (Lipinski definition) is 1. The number of anilines is 1. The number of nitrogens with zero attached hydrogens (tertiary/aromatic N) is 2. The molecule has 0 aliphatic carbocycles. The van der Waals surface area contributed by atoms with E-state index in [-0.39, 0.29) is 17.7 Å². The molecule has 2 heterocycles. The maximum absolute atomic E-state index is 12.4. The highest BCUT2D eigenvalue weighted by Gasteiger charge is 2.34. The minimum Gasteiger partial charge on any atom is -0.348 e. The van der Waals surface area contributed by atoms with E-state index in [2.05, 4.69) is 10.3 Å². The second kappa shape index (κ2) is 6.84. The first kappa shape index (κ1) is 17.4. The Morgan fingerprint density at radius 1 is 1.36 bits per heavy atom. The molecule has 6 nitrogen and oxygen atoms in total. The first-order valence-electron chi connectivity index (χ1n) is 8.24. The smallest absolute Gasteiger partial charge is 0.251 e. The number of sulfonamides is 1. The van der Waals surface area contributed by atoms with Crippen LogP contribution in [0, 0.1) is 0 Å². The van der Waals surface area contributed by atoms with E-state index in [1.54, 1.807) is 37.5 Å². The number of aromatic nitrogens is 1. The molecule has 2 aromatic rings. The molecule has 0 unspecified atom stereocenters. The molecule has 1 aliphatic heterocycles. The van der Waals surface area contributed by atoms with Crippen molar-refractivity contribution in [1.82, 2.24) is 10.3 Å². The standard InChI is InChI=1S/C18H21N3O3S/c1-3-25(23,24)21-13(2)9-16-10-15(6-7-17(16)21)18(22)20-12-14-5-4-8-19-11-14/h4-8,10-11,13H,3,9,12H2,1-2H3,(H,20,22)/t13-/m0/s1. The summed E-state index contributed by atoms with van der Waals surface area (Å²) < 4.78 is 26.1. The molecule has 25 heavy (non-hydrogen) atoms. The van der Waals surface area contributed by atoms with Gasteiger partial charge in [0.25, 0.3) is 5.91 Å². The van der Waals surface area contributed by atoms with Gasteiger partial charge in [-0.15, -0.1) is 0 Å². The van der Waals surface area contributed by atoms with Crippen molar-refractivity contribution in [3.63, 3.8) is 0 Å². The molecule has 132 valence electrons. The minimum atomic E-state index is -3.31. The van der Waals surface area contributed by atoms with Crippen LogP contribution >= 0.6 is 0 Å². The highest BCUT2D eigenvalue weighted by molar-refractivity contribution is 7.92. The number of carbonyl (C=O) groups is 1. The van der Waals surface area contributed by atoms with Crippen molar-refractivity contribution in [3.05, 3.63) is 59.4 Å². The summed E-state index contributed by atoms with van der Waals surface area (Å²) in [4.78, 5) is 16.4. The summed E-state index contributed by atoms with van der Waals surface area (Å²) in [5.74, 6) is -0.125. The predicted molar refractivity (Wildman–Crippen MR) is 97.0 cm³/mol. The summed E-state index contributed by atoms with van der Waals surface area (Å²) in [6.45, 7) is 3.92. The fourth-order valence-electron chi connectivity index (χ4n) is 3.09. The summed E-state index contributed by atoms with van der Waals surface area (Å²) in [7, 11) is -3.31. The highest BCUT2D eigenvalue weighted by atomic mass is 32.2. The maximum atomic E-state index is 12.4. The second-order valence-corrected chi connectivity index (χ2v) is 8.27. The zero-order valence-electron chi connectivity index (χ0n) is 14.3. The van der Waals surface area contributed by atoms with Crippen molar-refractivity contribution >= 4 is 21.6 Å². The maximum Gasteiger partial charge on any atom is 0.251 e. The third-order valence-corrected chi connectivity index (χ3v) is 6.22. The number of pyridine rings is 1. The van der Waals surface area contributed by atoms with E-state index in [1.807, 2.05) is 19.1 Å². The number of hydrogen-bond acceptors (Lipinski definition) is 4. The Kier molecular flexibility index (Phi) is 4.76. The number of rotatable bonds is 5. The van der Waals surface area contributed by atoms with Crippen LogP contribution in [0.15, 0.2) is 42.7 Å². The van der Waals surface area contributed by atoms with Crippen LogP contribution < -0.4 is 9.62 Å². The molecule has 1 aromatic carbocycles. The fourth-order valence-corrected chi connectivity index (χ4v) is 4.47. The Hall–Kier alpha value is -2.41. The van der Waals surface area contributed by atoms with E-state index in [0.29, 0.717) is 24.2 Å². The minimum absolute atomic E-state index is 0.0597. The van der Waals surface area contributed by atoms with Crippen molar-refractivity contribution in [2.75, 3.05) is 10.1 Å². The fraction of sp³-hybridized carbons (Fsp3) is 0.333. The van der Waals surface area contributed by atoms with Crippen LogP contribution in [0.1, 0.15) is 35.3 Å². The summed E-state index contributed by atoms with van der Waals surface area (Å²) in [5, 5.41) is 2.86. The van der Waals surface area contributed by atoms with Gasteiger partial charge < -0.3 is 5.32 Å². The van der Waals surface area contributed by atoms with Crippen molar-refractivity contribution in [2.45, 2.75) is 32.9 Å². The Bertz CT molecular complexity index is 882. The molecule has 7 heteroatoms. The molecular formula is C18H21N3O3S. The predicted octanol–water partition coefficient (Wildman–Crippen LogP) is 2.11. The quantitative estimate of drug-likeness (QED) is 0.887. The Morgan fingerprint density at radius 3 is 2.84 bits per heavy atom. The zero-order chi connectivity index (χ0) is 18.0. The number of carbonyl (C=O) groups excluding carboxylic acids is 1. The first-order valence-corrected chi connectivity index (χ1v) is 9.85. The third-order valence-electron chi connectivity index (χ3n) is 4.34. The molecular weight excluding hydrogens is 338 g/mol. The van der Waals surface area contributed by atoms with Gasteiger partial charge in [0.05, 0.1) is 11.4 Å². The van der Waals surface area contributed by atoms with Gasteiger partial charge in [-0.05, 0) is 55.7 Å². The molecule has 0 saturated heterocycles. The molecule has 3 rings (SSSR count). The van der Waals surface area contributed by atoms with Crippen LogP contribution in [0.4, 0.5) is 5.69 Å². The molecule has 1 amide bonds. The van der Waals surface area contributed by atoms with Crippen molar-refractivity contribution in [3.8, 4) is 0 Å². The van der Waals surface area contributed by atoms with E-state index in [1.165, 1.54) is 4.31 Å². The molecule has 1 aromatic heterocycles. The topological polar surface area (TPSA) is 79.4 Å². The van der Waals surface area contributed by atoms with E-state index in [0.717, 1.165) is 11.1 Å². The number of fused-ring (bicyclic) bond motifs is 1. The normalized spacial score (nSPS) is 16.6. The van der Waals surface area contributed by atoms with Gasteiger partial charge in [0.1, 0.15) is 0 Å². The lowest BCUT2D eigenvalue weighted by Gasteiger charge is -2.23. The van der Waals surface area contributed by atoms with Gasteiger partial charge in [-0.25, -0.2) is 8.42 Å². The molecule has 0 saturated carbocycles. The van der Waals surface area contributed by atoms with Gasteiger partial charge in [-0.2, -0.15) is 0 Å². The average Bonchev–Trinajstić information content (AvgIpc) is 2.96. The van der Waals surface area contributed by atoms with Gasteiger partial charge in [0.2, 0.25) is 10.0 Å². The Morgan fingerprint density at radius 2 is 2.16 bits per heavy atom. The van der Waals surface area contributed by atoms with Crippen molar-refractivity contribution in [1.29, 1.82) is 0 Å². The third kappa shape index (κ3) is 3.51. The SMILES string of the molecule is CCS(=O)(=O)N1c2ccc(C(=O)NCc3cccnc3)cc2C[C@@H]1C. The molecule has 1 aliphatic rings. The van der Waals surface area contributed by atoms with Gasteiger partial charge in [0.15, 0.2) is 0 Å². The van der Waals surface area contributed by atoms with Gasteiger partial charge >= 0.3 is 0 Å². The van der Waals surface area contributed by atoms with Crippen LogP contribution in [0.25, 0.3) is 0 Å². The summed E-state index contributed by atoms with van der Waals surface area (Å²) in [5.41, 5.74) is 3.02. The number of benzene rings is 1. The van der Waals surface area contributed by atoms with Crippen LogP contribution in [0.2, 0.25) is 0 Å². The molecule has 0 radical (unpaired) electrons. The van der Waals surface area contributed by atoms with Gasteiger partial charge in [-0.3, -0.25) is 14.1 Å². The molecule has 0 fully saturated rings. The van der Waals surface area contributed by atoms with E-state index in [4.69, 9.17) is 0 Å². The number of nitrogens with one attached hydrogen (secondary N) is 1. The van der Waals surface area contributed by atoms with Crippen molar-refractivity contribution in [2.24, 2.45) is 0 Å². The summed E-state index contributed by atoms with van der Waals surface area (Å²) >= 11 is 0.